The smallest absolute Gasteiger partial charge is 0.248 e. The van der Waals surface area contributed by atoms with E-state index in [1.54, 1.807) is 6.07 Å². The molecule has 104 valence electrons. The molecule has 0 heterocycles. The van der Waals surface area contributed by atoms with Crippen molar-refractivity contribution in [3.63, 3.8) is 0 Å². The molecule has 2 unspecified atom stereocenters. The van der Waals surface area contributed by atoms with Crippen molar-refractivity contribution in [2.75, 3.05) is 0 Å². The van der Waals surface area contributed by atoms with Crippen molar-refractivity contribution in [1.82, 2.24) is 5.32 Å². The summed E-state index contributed by atoms with van der Waals surface area (Å²) in [5.74, 6) is -0.397. The number of hydrogen-bond donors (Lipinski definition) is 3. The first-order valence-electron chi connectivity index (χ1n) is 6.63. The van der Waals surface area contributed by atoms with Gasteiger partial charge in [0.15, 0.2) is 0 Å². The molecule has 0 spiro atoms. The maximum absolute atomic E-state index is 11.1. The van der Waals surface area contributed by atoms with Crippen LogP contribution in [0.15, 0.2) is 18.2 Å². The van der Waals surface area contributed by atoms with Crippen LogP contribution in [0, 0.1) is 12.3 Å². The largest absolute Gasteiger partial charge is 0.392 e. The highest BCUT2D eigenvalue weighted by molar-refractivity contribution is 5.93. The maximum Gasteiger partial charge on any atom is 0.248 e. The molecule has 4 nitrogen and oxygen atoms in total. The van der Waals surface area contributed by atoms with Gasteiger partial charge in [-0.1, -0.05) is 19.9 Å². The summed E-state index contributed by atoms with van der Waals surface area (Å²) in [5.41, 5.74) is 7.94. The van der Waals surface area contributed by atoms with Crippen LogP contribution in [-0.2, 0) is 6.54 Å². The Morgan fingerprint density at radius 2 is 2.21 bits per heavy atom. The molecule has 0 saturated heterocycles. The maximum atomic E-state index is 11.1. The average molecular weight is 262 g/mol. The standard InChI is InChI=1S/C15H22N2O2/c1-9-6-10(14(16)19)4-5-11(9)8-17-12-7-13(18)15(12,2)3/h4-6,12-13,17-18H,7-8H2,1-3H3,(H2,16,19). The van der Waals surface area contributed by atoms with Crippen LogP contribution < -0.4 is 11.1 Å². The SMILES string of the molecule is Cc1cc(C(N)=O)ccc1CNC1CC(O)C1(C)C. The van der Waals surface area contributed by atoms with Crippen molar-refractivity contribution in [3.05, 3.63) is 34.9 Å². The van der Waals surface area contributed by atoms with Gasteiger partial charge in [-0.25, -0.2) is 0 Å². The third kappa shape index (κ3) is 2.65. The Bertz CT molecular complexity index is 497. The Labute approximate surface area is 114 Å². The molecule has 1 aromatic rings. The molecule has 1 aliphatic rings. The fourth-order valence-corrected chi connectivity index (χ4v) is 2.53. The van der Waals surface area contributed by atoms with E-state index in [4.69, 9.17) is 5.73 Å². The van der Waals surface area contributed by atoms with Crippen molar-refractivity contribution in [3.8, 4) is 0 Å². The summed E-state index contributed by atoms with van der Waals surface area (Å²) in [6, 6.07) is 5.84. The van der Waals surface area contributed by atoms with E-state index in [1.807, 2.05) is 19.1 Å². The molecule has 1 aliphatic carbocycles. The number of rotatable bonds is 4. The van der Waals surface area contributed by atoms with Gasteiger partial charge in [-0.15, -0.1) is 0 Å². The van der Waals surface area contributed by atoms with Crippen LogP contribution >= 0.6 is 0 Å². The van der Waals surface area contributed by atoms with E-state index in [2.05, 4.69) is 19.2 Å². The Balaban J connectivity index is 1.99. The van der Waals surface area contributed by atoms with E-state index < -0.39 is 5.91 Å². The lowest BCUT2D eigenvalue weighted by atomic mass is 9.64. The summed E-state index contributed by atoms with van der Waals surface area (Å²) in [6.45, 7) is 6.86. The lowest BCUT2D eigenvalue weighted by Gasteiger charge is -2.49. The molecule has 4 N–H and O–H groups in total. The van der Waals surface area contributed by atoms with E-state index in [0.717, 1.165) is 24.1 Å². The number of nitrogens with two attached hydrogens (primary N) is 1. The predicted molar refractivity (Wildman–Crippen MR) is 74.7 cm³/mol. The third-order valence-corrected chi connectivity index (χ3v) is 4.38. The van der Waals surface area contributed by atoms with Crippen LogP contribution in [0.2, 0.25) is 0 Å². The highest BCUT2D eigenvalue weighted by Gasteiger charge is 2.46. The second-order valence-corrected chi connectivity index (χ2v) is 6.01. The zero-order valence-corrected chi connectivity index (χ0v) is 11.7. The van der Waals surface area contributed by atoms with Gasteiger partial charge in [0.05, 0.1) is 6.10 Å². The second-order valence-electron chi connectivity index (χ2n) is 6.01. The summed E-state index contributed by atoms with van der Waals surface area (Å²) < 4.78 is 0. The van der Waals surface area contributed by atoms with Crippen LogP contribution in [0.5, 0.6) is 0 Å². The molecule has 1 fully saturated rings. The zero-order valence-electron chi connectivity index (χ0n) is 11.7. The summed E-state index contributed by atoms with van der Waals surface area (Å²) >= 11 is 0. The number of benzene rings is 1. The van der Waals surface area contributed by atoms with Crippen molar-refractivity contribution in [2.24, 2.45) is 11.1 Å². The van der Waals surface area contributed by atoms with Crippen LogP contribution in [-0.4, -0.2) is 23.2 Å². The van der Waals surface area contributed by atoms with Gasteiger partial charge in [0, 0.05) is 23.6 Å². The van der Waals surface area contributed by atoms with Gasteiger partial charge >= 0.3 is 0 Å². The molecule has 19 heavy (non-hydrogen) atoms. The molecule has 1 amide bonds. The van der Waals surface area contributed by atoms with Gasteiger partial charge in [-0.3, -0.25) is 4.79 Å². The van der Waals surface area contributed by atoms with Crippen molar-refractivity contribution in [2.45, 2.75) is 45.9 Å². The first kappa shape index (κ1) is 14.0. The van der Waals surface area contributed by atoms with E-state index in [-0.39, 0.29) is 11.5 Å². The number of carbonyl (C=O) groups excluding carboxylic acids is 1. The quantitative estimate of drug-likeness (QED) is 0.766. The fourth-order valence-electron chi connectivity index (χ4n) is 2.53. The molecule has 1 aromatic carbocycles. The van der Waals surface area contributed by atoms with Gasteiger partial charge in [0.1, 0.15) is 0 Å². The molecule has 0 aliphatic heterocycles. The number of primary amides is 1. The Morgan fingerprint density at radius 3 is 2.68 bits per heavy atom. The number of nitrogens with one attached hydrogen (secondary N) is 1. The van der Waals surface area contributed by atoms with Crippen molar-refractivity contribution < 1.29 is 9.90 Å². The molecule has 0 radical (unpaired) electrons. The lowest BCUT2D eigenvalue weighted by Crippen LogP contribution is -2.59. The third-order valence-electron chi connectivity index (χ3n) is 4.38. The minimum absolute atomic E-state index is 0.0684. The summed E-state index contributed by atoms with van der Waals surface area (Å²) in [4.78, 5) is 11.1. The minimum atomic E-state index is -0.397. The Hall–Kier alpha value is -1.39. The normalized spacial score (nSPS) is 24.8. The highest BCUT2D eigenvalue weighted by atomic mass is 16.3. The predicted octanol–water partition coefficient (Wildman–Crippen LogP) is 1.34. The van der Waals surface area contributed by atoms with Crippen LogP contribution in [0.3, 0.4) is 0 Å². The monoisotopic (exact) mass is 262 g/mol. The lowest BCUT2D eigenvalue weighted by molar-refractivity contribution is -0.0730. The highest BCUT2D eigenvalue weighted by Crippen LogP contribution is 2.40. The van der Waals surface area contributed by atoms with E-state index in [9.17, 15) is 9.90 Å². The van der Waals surface area contributed by atoms with Gasteiger partial charge in [-0.2, -0.15) is 0 Å². The number of aliphatic hydroxyl groups is 1. The molecular weight excluding hydrogens is 240 g/mol. The molecule has 4 heteroatoms. The molecule has 2 atom stereocenters. The second kappa shape index (κ2) is 4.94. The Morgan fingerprint density at radius 1 is 1.53 bits per heavy atom. The summed E-state index contributed by atoms with van der Waals surface area (Å²) in [5, 5.41) is 13.2. The number of amides is 1. The van der Waals surface area contributed by atoms with Gasteiger partial charge in [-0.05, 0) is 36.6 Å². The van der Waals surface area contributed by atoms with Crippen LogP contribution in [0.1, 0.15) is 41.8 Å². The minimum Gasteiger partial charge on any atom is -0.392 e. The van der Waals surface area contributed by atoms with Crippen molar-refractivity contribution >= 4 is 5.91 Å². The van der Waals surface area contributed by atoms with E-state index in [0.29, 0.717) is 11.6 Å². The number of hydrogen-bond acceptors (Lipinski definition) is 3. The molecule has 2 rings (SSSR count). The first-order chi connectivity index (χ1) is 8.82. The number of carbonyl (C=O) groups is 1. The number of aliphatic hydroxyl groups excluding tert-OH is 1. The van der Waals surface area contributed by atoms with E-state index >= 15 is 0 Å². The van der Waals surface area contributed by atoms with E-state index in [1.165, 1.54) is 0 Å². The van der Waals surface area contributed by atoms with Crippen LogP contribution in [0.25, 0.3) is 0 Å². The van der Waals surface area contributed by atoms with Crippen LogP contribution in [0.4, 0.5) is 0 Å². The topological polar surface area (TPSA) is 75.4 Å². The number of aryl methyl sites for hydroxylation is 1. The Kier molecular flexibility index (Phi) is 3.65. The zero-order chi connectivity index (χ0) is 14.2. The summed E-state index contributed by atoms with van der Waals surface area (Å²) in [7, 11) is 0. The fraction of sp³-hybridized carbons (Fsp3) is 0.533. The first-order valence-corrected chi connectivity index (χ1v) is 6.63. The molecule has 0 aromatic heterocycles. The molecule has 0 bridgehead atoms. The van der Waals surface area contributed by atoms with Crippen molar-refractivity contribution in [1.29, 1.82) is 0 Å². The average Bonchev–Trinajstić information content (AvgIpc) is 2.35. The van der Waals surface area contributed by atoms with Gasteiger partial charge in [0.2, 0.25) is 5.91 Å². The van der Waals surface area contributed by atoms with Gasteiger partial charge < -0.3 is 16.2 Å². The molecular formula is C15H22N2O2. The molecule has 1 saturated carbocycles. The van der Waals surface area contributed by atoms with Gasteiger partial charge in [0.25, 0.3) is 0 Å². The summed E-state index contributed by atoms with van der Waals surface area (Å²) in [6.07, 6.45) is 0.578.